The summed E-state index contributed by atoms with van der Waals surface area (Å²) in [4.78, 5) is 24.8. The molecule has 0 radical (unpaired) electrons. The fourth-order valence-corrected chi connectivity index (χ4v) is 2.64. The number of benzene rings is 2. The van der Waals surface area contributed by atoms with E-state index in [-0.39, 0.29) is 11.3 Å². The molecule has 9 heteroatoms. The van der Waals surface area contributed by atoms with E-state index in [4.69, 9.17) is 18.9 Å². The highest BCUT2D eigenvalue weighted by molar-refractivity contribution is 6.08. The number of nitrogens with one attached hydrogen (secondary N) is 2. The molecule has 0 aromatic heterocycles. The van der Waals surface area contributed by atoms with Crippen molar-refractivity contribution in [1.29, 1.82) is 0 Å². The zero-order valence-corrected chi connectivity index (χ0v) is 17.6. The monoisotopic (exact) mass is 418 g/mol. The first-order valence-electron chi connectivity index (χ1n) is 9.21. The lowest BCUT2D eigenvalue weighted by molar-refractivity contribution is -0.123. The van der Waals surface area contributed by atoms with Crippen molar-refractivity contribution < 1.29 is 33.6 Å². The van der Waals surface area contributed by atoms with Crippen LogP contribution in [-0.2, 0) is 4.79 Å². The van der Waals surface area contributed by atoms with Gasteiger partial charge < -0.3 is 34.7 Å². The highest BCUT2D eigenvalue weighted by atomic mass is 16.5. The fraction of sp³-hybridized carbons (Fsp3) is 0.333. The Hall–Kier alpha value is -3.46. The molecule has 0 heterocycles. The van der Waals surface area contributed by atoms with E-state index in [1.54, 1.807) is 18.2 Å². The molecular formula is C21H26N2O7. The van der Waals surface area contributed by atoms with E-state index < -0.39 is 17.9 Å². The minimum Gasteiger partial charge on any atom is -0.494 e. The predicted molar refractivity (Wildman–Crippen MR) is 112 cm³/mol. The second-order valence-electron chi connectivity index (χ2n) is 6.17. The summed E-state index contributed by atoms with van der Waals surface area (Å²) in [7, 11) is 4.38. The van der Waals surface area contributed by atoms with Crippen molar-refractivity contribution in [2.45, 2.75) is 20.0 Å². The van der Waals surface area contributed by atoms with Gasteiger partial charge in [0.25, 0.3) is 11.8 Å². The van der Waals surface area contributed by atoms with Crippen LogP contribution < -0.4 is 29.6 Å². The molecule has 1 unspecified atom stereocenters. The first-order valence-corrected chi connectivity index (χ1v) is 9.21. The standard InChI is InChI=1S/C21H26N2O7/c1-6-30-14-7-8-15(16(11-14)23-20(25)12(2)24)22-21(26)13-9-17(27-3)19(29-5)18(10-13)28-4/h7-12,24H,6H2,1-5H3,(H,22,26)(H,23,25). The number of aliphatic hydroxyl groups excluding tert-OH is 1. The lowest BCUT2D eigenvalue weighted by atomic mass is 10.1. The number of hydrogen-bond acceptors (Lipinski definition) is 7. The lowest BCUT2D eigenvalue weighted by Crippen LogP contribution is -2.25. The van der Waals surface area contributed by atoms with Crippen molar-refractivity contribution in [3.05, 3.63) is 35.9 Å². The van der Waals surface area contributed by atoms with Crippen LogP contribution in [0.1, 0.15) is 24.2 Å². The number of ether oxygens (including phenoxy) is 4. The van der Waals surface area contributed by atoms with Gasteiger partial charge in [0.05, 0.1) is 39.3 Å². The third kappa shape index (κ3) is 5.32. The van der Waals surface area contributed by atoms with E-state index in [2.05, 4.69) is 10.6 Å². The molecule has 2 aromatic rings. The van der Waals surface area contributed by atoms with Gasteiger partial charge in [0.15, 0.2) is 11.5 Å². The van der Waals surface area contributed by atoms with E-state index >= 15 is 0 Å². The molecule has 2 aromatic carbocycles. The van der Waals surface area contributed by atoms with Crippen LogP contribution in [0.4, 0.5) is 11.4 Å². The Bertz CT molecular complexity index is 887. The summed E-state index contributed by atoms with van der Waals surface area (Å²) in [6, 6.07) is 7.85. The number of carbonyl (C=O) groups is 2. The predicted octanol–water partition coefficient (Wildman–Crippen LogP) is 2.68. The van der Waals surface area contributed by atoms with Crippen molar-refractivity contribution in [3.8, 4) is 23.0 Å². The van der Waals surface area contributed by atoms with E-state index in [0.29, 0.717) is 35.3 Å². The maximum absolute atomic E-state index is 12.9. The van der Waals surface area contributed by atoms with Crippen LogP contribution in [0.25, 0.3) is 0 Å². The quantitative estimate of drug-likeness (QED) is 0.573. The van der Waals surface area contributed by atoms with E-state index in [1.165, 1.54) is 40.4 Å². The molecule has 0 saturated carbocycles. The molecule has 0 saturated heterocycles. The SMILES string of the molecule is CCOc1ccc(NC(=O)c2cc(OC)c(OC)c(OC)c2)c(NC(=O)C(C)O)c1. The second-order valence-corrected chi connectivity index (χ2v) is 6.17. The molecule has 0 fully saturated rings. The molecule has 0 aliphatic carbocycles. The molecular weight excluding hydrogens is 392 g/mol. The maximum atomic E-state index is 12.9. The minimum atomic E-state index is -1.22. The molecule has 9 nitrogen and oxygen atoms in total. The van der Waals surface area contributed by atoms with Crippen molar-refractivity contribution in [1.82, 2.24) is 0 Å². The number of amides is 2. The highest BCUT2D eigenvalue weighted by Crippen LogP contribution is 2.38. The number of anilines is 2. The number of methoxy groups -OCH3 is 3. The van der Waals surface area contributed by atoms with Crippen molar-refractivity contribution in [2.75, 3.05) is 38.6 Å². The van der Waals surface area contributed by atoms with Gasteiger partial charge in [-0.1, -0.05) is 0 Å². The number of hydrogen-bond donors (Lipinski definition) is 3. The highest BCUT2D eigenvalue weighted by Gasteiger charge is 2.19. The second kappa shape index (κ2) is 10.4. The third-order valence-electron chi connectivity index (χ3n) is 4.11. The summed E-state index contributed by atoms with van der Waals surface area (Å²) >= 11 is 0. The maximum Gasteiger partial charge on any atom is 0.255 e. The summed E-state index contributed by atoms with van der Waals surface area (Å²) in [6.07, 6.45) is -1.22. The zero-order chi connectivity index (χ0) is 22.3. The topological polar surface area (TPSA) is 115 Å². The molecule has 2 amide bonds. The fourth-order valence-electron chi connectivity index (χ4n) is 2.64. The van der Waals surface area contributed by atoms with Crippen LogP contribution in [-0.4, -0.2) is 51.0 Å². The van der Waals surface area contributed by atoms with E-state index in [1.807, 2.05) is 6.92 Å². The molecule has 30 heavy (non-hydrogen) atoms. The summed E-state index contributed by atoms with van der Waals surface area (Å²) in [6.45, 7) is 3.60. The van der Waals surface area contributed by atoms with Gasteiger partial charge in [-0.15, -0.1) is 0 Å². The Balaban J connectivity index is 2.39. The van der Waals surface area contributed by atoms with Gasteiger partial charge in [-0.2, -0.15) is 0 Å². The first-order chi connectivity index (χ1) is 14.3. The molecule has 0 aliphatic heterocycles. The van der Waals surface area contributed by atoms with E-state index in [9.17, 15) is 14.7 Å². The average molecular weight is 418 g/mol. The van der Waals surface area contributed by atoms with Gasteiger partial charge in [0.2, 0.25) is 5.75 Å². The smallest absolute Gasteiger partial charge is 0.255 e. The molecule has 3 N–H and O–H groups in total. The Kier molecular flexibility index (Phi) is 7.88. The van der Waals surface area contributed by atoms with Gasteiger partial charge in [0.1, 0.15) is 11.9 Å². The Morgan fingerprint density at radius 1 is 0.967 bits per heavy atom. The lowest BCUT2D eigenvalue weighted by Gasteiger charge is -2.16. The van der Waals surface area contributed by atoms with Gasteiger partial charge in [0, 0.05) is 11.6 Å². The van der Waals surface area contributed by atoms with E-state index in [0.717, 1.165) is 0 Å². The number of carbonyl (C=O) groups excluding carboxylic acids is 2. The van der Waals surface area contributed by atoms with Crippen LogP contribution >= 0.6 is 0 Å². The van der Waals surface area contributed by atoms with Crippen LogP contribution in [0.2, 0.25) is 0 Å². The van der Waals surface area contributed by atoms with Crippen LogP contribution in [0.15, 0.2) is 30.3 Å². The third-order valence-corrected chi connectivity index (χ3v) is 4.11. The van der Waals surface area contributed by atoms with Gasteiger partial charge in [-0.05, 0) is 38.1 Å². The molecule has 2 rings (SSSR count). The van der Waals surface area contributed by atoms with Crippen molar-refractivity contribution in [3.63, 3.8) is 0 Å². The normalized spacial score (nSPS) is 11.3. The Morgan fingerprint density at radius 2 is 1.60 bits per heavy atom. The van der Waals surface area contributed by atoms with Gasteiger partial charge in [-0.3, -0.25) is 9.59 Å². The van der Waals surface area contributed by atoms with Gasteiger partial charge in [-0.25, -0.2) is 0 Å². The van der Waals surface area contributed by atoms with Gasteiger partial charge >= 0.3 is 0 Å². The van der Waals surface area contributed by atoms with Crippen LogP contribution in [0.3, 0.4) is 0 Å². The van der Waals surface area contributed by atoms with Crippen LogP contribution in [0.5, 0.6) is 23.0 Å². The first kappa shape index (κ1) is 22.8. The molecule has 1 atom stereocenters. The van der Waals surface area contributed by atoms with Crippen LogP contribution in [0, 0.1) is 0 Å². The Morgan fingerprint density at radius 3 is 2.10 bits per heavy atom. The average Bonchev–Trinajstić information content (AvgIpc) is 2.74. The zero-order valence-electron chi connectivity index (χ0n) is 17.6. The minimum absolute atomic E-state index is 0.256. The number of rotatable bonds is 9. The Labute approximate surface area is 174 Å². The summed E-state index contributed by atoms with van der Waals surface area (Å²) in [5, 5.41) is 14.8. The van der Waals surface area contributed by atoms with Crippen molar-refractivity contribution in [2.24, 2.45) is 0 Å². The summed E-state index contributed by atoms with van der Waals surface area (Å²) in [5.74, 6) is 0.442. The molecule has 0 spiro atoms. The summed E-state index contributed by atoms with van der Waals surface area (Å²) in [5.41, 5.74) is 0.866. The molecule has 0 aliphatic rings. The number of aliphatic hydroxyl groups is 1. The van der Waals surface area contributed by atoms with Crippen molar-refractivity contribution >= 4 is 23.2 Å². The largest absolute Gasteiger partial charge is 0.494 e. The molecule has 0 bridgehead atoms. The molecule has 162 valence electrons. The summed E-state index contributed by atoms with van der Waals surface area (Å²) < 4.78 is 21.3.